The normalized spacial score (nSPS) is 10.2. The first kappa shape index (κ1) is 13.9. The highest BCUT2D eigenvalue weighted by molar-refractivity contribution is 7.99. The fraction of sp³-hybridized carbons (Fsp3) is 0.0833. The van der Waals surface area contributed by atoms with Gasteiger partial charge in [-0.2, -0.15) is 0 Å². The Hall–Kier alpha value is -2.48. The summed E-state index contributed by atoms with van der Waals surface area (Å²) >= 11 is 1.07. The second-order valence-corrected chi connectivity index (χ2v) is 4.90. The van der Waals surface area contributed by atoms with E-state index in [2.05, 4.69) is 9.97 Å². The van der Waals surface area contributed by atoms with Gasteiger partial charge in [-0.25, -0.2) is 4.98 Å². The number of nitrogens with zero attached hydrogens (tertiary/aromatic N) is 2. The van der Waals surface area contributed by atoms with Gasteiger partial charge in [0.15, 0.2) is 10.9 Å². The van der Waals surface area contributed by atoms with Crippen molar-refractivity contribution in [3.8, 4) is 0 Å². The van der Waals surface area contributed by atoms with Crippen LogP contribution in [0.2, 0.25) is 0 Å². The van der Waals surface area contributed by atoms with E-state index in [1.165, 1.54) is 31.3 Å². The molecule has 0 aliphatic heterocycles. The molecule has 0 radical (unpaired) electrons. The molecule has 0 saturated carbocycles. The molecule has 0 aliphatic rings. The summed E-state index contributed by atoms with van der Waals surface area (Å²) < 4.78 is 0. The van der Waals surface area contributed by atoms with Crippen LogP contribution >= 0.6 is 11.8 Å². The van der Waals surface area contributed by atoms with Crippen molar-refractivity contribution < 1.29 is 9.72 Å². The Labute approximate surface area is 117 Å². The number of Topliss-reactive ketones (excluding diaryl/α,β-unsaturated/α-hetero) is 1. The van der Waals surface area contributed by atoms with Gasteiger partial charge in [0.05, 0.1) is 10.5 Å². The molecule has 2 rings (SSSR count). The summed E-state index contributed by atoms with van der Waals surface area (Å²) in [6.45, 7) is 1.27. The maximum absolute atomic E-state index is 11.3. The van der Waals surface area contributed by atoms with Crippen molar-refractivity contribution in [2.45, 2.75) is 17.0 Å². The Morgan fingerprint density at radius 1 is 1.40 bits per heavy atom. The van der Waals surface area contributed by atoms with Crippen LogP contribution in [0.1, 0.15) is 17.3 Å². The first-order valence-electron chi connectivity index (χ1n) is 5.50. The summed E-state index contributed by atoms with van der Waals surface area (Å²) in [6.07, 6.45) is 1.35. The molecule has 8 heteroatoms. The molecule has 0 unspecified atom stereocenters. The van der Waals surface area contributed by atoms with E-state index in [1.54, 1.807) is 6.07 Å². The van der Waals surface area contributed by atoms with Gasteiger partial charge in [-0.1, -0.05) is 11.8 Å². The zero-order chi connectivity index (χ0) is 14.7. The number of aromatic nitrogens is 2. The van der Waals surface area contributed by atoms with E-state index in [9.17, 15) is 19.7 Å². The lowest BCUT2D eigenvalue weighted by Crippen LogP contribution is -2.05. The van der Waals surface area contributed by atoms with E-state index < -0.39 is 4.92 Å². The molecule has 0 fully saturated rings. The Balaban J connectivity index is 2.39. The topological polar surface area (TPSA) is 106 Å². The van der Waals surface area contributed by atoms with Crippen molar-refractivity contribution in [3.63, 3.8) is 0 Å². The Morgan fingerprint density at radius 2 is 2.15 bits per heavy atom. The number of rotatable bonds is 4. The minimum absolute atomic E-state index is 0.0499. The SMILES string of the molecule is CC(=O)c1ccc(Sc2nccc(=O)[nH]2)cc1[N+](=O)[O-]. The van der Waals surface area contributed by atoms with E-state index >= 15 is 0 Å². The molecule has 1 heterocycles. The lowest BCUT2D eigenvalue weighted by Gasteiger charge is -2.03. The van der Waals surface area contributed by atoms with Crippen LogP contribution in [0.3, 0.4) is 0 Å². The maximum Gasteiger partial charge on any atom is 0.281 e. The summed E-state index contributed by atoms with van der Waals surface area (Å²) in [5, 5.41) is 11.3. The van der Waals surface area contributed by atoms with E-state index in [-0.39, 0.29) is 22.6 Å². The van der Waals surface area contributed by atoms with Gasteiger partial charge in [0.1, 0.15) is 0 Å². The molecule has 0 bridgehead atoms. The van der Waals surface area contributed by atoms with Gasteiger partial charge < -0.3 is 4.98 Å². The van der Waals surface area contributed by atoms with Crippen LogP contribution in [0.4, 0.5) is 5.69 Å². The second kappa shape index (κ2) is 5.66. The van der Waals surface area contributed by atoms with Crippen LogP contribution in [0.5, 0.6) is 0 Å². The molecule has 1 N–H and O–H groups in total. The number of carbonyl (C=O) groups is 1. The highest BCUT2D eigenvalue weighted by atomic mass is 32.2. The van der Waals surface area contributed by atoms with Crippen molar-refractivity contribution in [2.24, 2.45) is 0 Å². The molecule has 2 aromatic rings. The van der Waals surface area contributed by atoms with Crippen molar-refractivity contribution in [2.75, 3.05) is 0 Å². The molecule has 0 saturated heterocycles. The van der Waals surface area contributed by atoms with Crippen LogP contribution in [-0.4, -0.2) is 20.7 Å². The second-order valence-electron chi connectivity index (χ2n) is 3.83. The molecular formula is C12H9N3O4S. The highest BCUT2D eigenvalue weighted by Crippen LogP contribution is 2.29. The Morgan fingerprint density at radius 3 is 2.75 bits per heavy atom. The zero-order valence-corrected chi connectivity index (χ0v) is 11.1. The van der Waals surface area contributed by atoms with E-state index in [1.807, 2.05) is 0 Å². The van der Waals surface area contributed by atoms with E-state index in [4.69, 9.17) is 0 Å². The van der Waals surface area contributed by atoms with Gasteiger partial charge in [0.2, 0.25) is 0 Å². The van der Waals surface area contributed by atoms with Crippen molar-refractivity contribution in [1.82, 2.24) is 9.97 Å². The molecule has 0 spiro atoms. The molecule has 102 valence electrons. The summed E-state index contributed by atoms with van der Waals surface area (Å²) in [6, 6.07) is 5.52. The van der Waals surface area contributed by atoms with Gasteiger partial charge in [0.25, 0.3) is 11.2 Å². The summed E-state index contributed by atoms with van der Waals surface area (Å²) in [5.41, 5.74) is -0.521. The van der Waals surface area contributed by atoms with E-state index in [0.29, 0.717) is 10.1 Å². The van der Waals surface area contributed by atoms with Crippen molar-refractivity contribution >= 4 is 23.2 Å². The number of benzene rings is 1. The number of hydrogen-bond acceptors (Lipinski definition) is 6. The molecule has 0 amide bonds. The average Bonchev–Trinajstić information content (AvgIpc) is 2.38. The van der Waals surface area contributed by atoms with Crippen molar-refractivity contribution in [1.29, 1.82) is 0 Å². The van der Waals surface area contributed by atoms with Crippen LogP contribution < -0.4 is 5.56 Å². The fourth-order valence-corrected chi connectivity index (χ4v) is 2.33. The molecule has 1 aromatic heterocycles. The molecule has 0 atom stereocenters. The summed E-state index contributed by atoms with van der Waals surface area (Å²) in [5.74, 6) is -0.375. The third-order valence-corrected chi connectivity index (χ3v) is 3.30. The van der Waals surface area contributed by atoms with Crippen LogP contribution in [-0.2, 0) is 0 Å². The minimum atomic E-state index is -0.609. The third-order valence-electron chi connectivity index (χ3n) is 2.41. The lowest BCUT2D eigenvalue weighted by atomic mass is 10.1. The number of nitro groups is 1. The van der Waals surface area contributed by atoms with Gasteiger partial charge >= 0.3 is 0 Å². The third kappa shape index (κ3) is 3.09. The van der Waals surface area contributed by atoms with Crippen LogP contribution in [0, 0.1) is 10.1 Å². The quantitative estimate of drug-likeness (QED) is 0.400. The summed E-state index contributed by atoms with van der Waals surface area (Å²) in [4.78, 5) is 39.7. The number of nitro benzene ring substituents is 1. The standard InChI is InChI=1S/C12H9N3O4S/c1-7(16)9-3-2-8(6-10(9)15(18)19)20-12-13-5-4-11(17)14-12/h2-6H,1H3,(H,13,14,17). The number of ketones is 1. The number of hydrogen-bond donors (Lipinski definition) is 1. The minimum Gasteiger partial charge on any atom is -0.301 e. The predicted molar refractivity (Wildman–Crippen MR) is 72.1 cm³/mol. The number of aromatic amines is 1. The van der Waals surface area contributed by atoms with Gasteiger partial charge in [-0.15, -0.1) is 0 Å². The molecule has 1 aromatic carbocycles. The molecule has 0 aliphatic carbocycles. The highest BCUT2D eigenvalue weighted by Gasteiger charge is 2.18. The van der Waals surface area contributed by atoms with Gasteiger partial charge in [0, 0.05) is 23.2 Å². The van der Waals surface area contributed by atoms with Gasteiger partial charge in [-0.3, -0.25) is 19.7 Å². The number of nitrogens with one attached hydrogen (secondary N) is 1. The van der Waals surface area contributed by atoms with Crippen LogP contribution in [0.25, 0.3) is 0 Å². The average molecular weight is 291 g/mol. The van der Waals surface area contributed by atoms with Gasteiger partial charge in [-0.05, 0) is 19.1 Å². The van der Waals surface area contributed by atoms with Crippen molar-refractivity contribution in [3.05, 3.63) is 56.5 Å². The number of H-pyrrole nitrogens is 1. The van der Waals surface area contributed by atoms with Crippen LogP contribution in [0.15, 0.2) is 45.3 Å². The predicted octanol–water partition coefficient (Wildman–Crippen LogP) is 2.03. The zero-order valence-electron chi connectivity index (χ0n) is 10.3. The first-order valence-corrected chi connectivity index (χ1v) is 6.31. The summed E-state index contributed by atoms with van der Waals surface area (Å²) in [7, 11) is 0. The maximum atomic E-state index is 11.3. The molecule has 20 heavy (non-hydrogen) atoms. The largest absolute Gasteiger partial charge is 0.301 e. The Bertz CT molecular complexity index is 741. The first-order chi connectivity index (χ1) is 9.47. The lowest BCUT2D eigenvalue weighted by molar-refractivity contribution is -0.385. The van der Waals surface area contributed by atoms with E-state index in [0.717, 1.165) is 11.8 Å². The molecular weight excluding hydrogens is 282 g/mol. The Kier molecular flexibility index (Phi) is 3.94. The monoisotopic (exact) mass is 291 g/mol. The molecule has 7 nitrogen and oxygen atoms in total. The smallest absolute Gasteiger partial charge is 0.281 e. The number of carbonyl (C=O) groups excluding carboxylic acids is 1. The fourth-order valence-electron chi connectivity index (χ4n) is 1.54.